The lowest BCUT2D eigenvalue weighted by molar-refractivity contribution is -0.116. The largest absolute Gasteiger partial charge is 0.497 e. The summed E-state index contributed by atoms with van der Waals surface area (Å²) in [5, 5.41) is 13.4. The Hall–Kier alpha value is -3.86. The number of nitrogens with one attached hydrogen (secondary N) is 3. The number of hydrogen-bond acceptors (Lipinski definition) is 8. The third-order valence-corrected chi connectivity index (χ3v) is 5.95. The Morgan fingerprint density at radius 2 is 1.74 bits per heavy atom. The van der Waals surface area contributed by atoms with Crippen LogP contribution < -0.4 is 25.7 Å². The van der Waals surface area contributed by atoms with Gasteiger partial charge in [0.1, 0.15) is 11.5 Å². The van der Waals surface area contributed by atoms with Crippen molar-refractivity contribution in [3.8, 4) is 22.8 Å². The van der Waals surface area contributed by atoms with Crippen LogP contribution in [-0.4, -0.2) is 46.5 Å². The van der Waals surface area contributed by atoms with Crippen LogP contribution in [0.4, 0.5) is 11.4 Å². The molecule has 184 valence electrons. The zero-order valence-electron chi connectivity index (χ0n) is 20.1. The fraction of sp³-hybridized carbons (Fsp3) is 0.292. The fourth-order valence-corrected chi connectivity index (χ4v) is 3.84. The highest BCUT2D eigenvalue weighted by Gasteiger charge is 2.19. The quantitative estimate of drug-likeness (QED) is 0.382. The number of aromatic nitrogens is 3. The van der Waals surface area contributed by atoms with Gasteiger partial charge in [-0.2, -0.15) is 0 Å². The van der Waals surface area contributed by atoms with Crippen LogP contribution in [0.1, 0.15) is 25.8 Å². The highest BCUT2D eigenvalue weighted by atomic mass is 32.2. The summed E-state index contributed by atoms with van der Waals surface area (Å²) < 4.78 is 10.4. The van der Waals surface area contributed by atoms with E-state index in [4.69, 9.17) is 9.47 Å². The van der Waals surface area contributed by atoms with Gasteiger partial charge in [-0.05, 0) is 26.0 Å². The van der Waals surface area contributed by atoms with Gasteiger partial charge in [-0.15, -0.1) is 10.2 Å². The van der Waals surface area contributed by atoms with Crippen LogP contribution in [0.15, 0.2) is 46.3 Å². The molecule has 3 N–H and O–H groups in total. The Morgan fingerprint density at radius 3 is 2.34 bits per heavy atom. The number of benzene rings is 2. The second-order valence-corrected chi connectivity index (χ2v) is 8.94. The Balaban J connectivity index is 1.77. The summed E-state index contributed by atoms with van der Waals surface area (Å²) in [6.45, 7) is 5.30. The molecule has 0 aliphatic heterocycles. The predicted octanol–water partition coefficient (Wildman–Crippen LogP) is 3.63. The first-order valence-corrected chi connectivity index (χ1v) is 11.7. The van der Waals surface area contributed by atoms with Gasteiger partial charge in [-0.3, -0.25) is 19.4 Å². The van der Waals surface area contributed by atoms with E-state index in [1.807, 2.05) is 13.0 Å². The van der Waals surface area contributed by atoms with Crippen LogP contribution in [0.3, 0.4) is 0 Å². The standard InChI is InChI=1S/C24H27N5O5S/c1-6-20(30)26-19-8-7-13(2)9-18(19)21-23(32)27-24(29-28-21)35-14(3)22(31)25-15-10-16(33-4)12-17(11-15)34-5/h7-12,14H,6H2,1-5H3,(H,25,31)(H,26,30)(H,27,29,32)/t14-/m1/s1. The summed E-state index contributed by atoms with van der Waals surface area (Å²) in [7, 11) is 3.05. The molecule has 1 heterocycles. The highest BCUT2D eigenvalue weighted by Crippen LogP contribution is 2.28. The SMILES string of the molecule is CCC(=O)Nc1ccc(C)cc1-c1nnc(S[C@H](C)C(=O)Nc2cc(OC)cc(OC)c2)[nH]c1=O. The molecule has 0 spiro atoms. The van der Waals surface area contributed by atoms with Crippen LogP contribution in [0.5, 0.6) is 11.5 Å². The van der Waals surface area contributed by atoms with Crippen molar-refractivity contribution in [2.24, 2.45) is 0 Å². The van der Waals surface area contributed by atoms with Crippen molar-refractivity contribution >= 4 is 35.0 Å². The second-order valence-electron chi connectivity index (χ2n) is 7.61. The van der Waals surface area contributed by atoms with Crippen LogP contribution in [0.2, 0.25) is 0 Å². The molecule has 0 saturated heterocycles. The zero-order valence-corrected chi connectivity index (χ0v) is 20.9. The number of methoxy groups -OCH3 is 2. The zero-order chi connectivity index (χ0) is 25.5. The smallest absolute Gasteiger partial charge is 0.278 e. The summed E-state index contributed by atoms with van der Waals surface area (Å²) in [6.07, 6.45) is 0.299. The maximum absolute atomic E-state index is 12.8. The number of aromatic amines is 1. The Morgan fingerprint density at radius 1 is 1.06 bits per heavy atom. The number of carbonyl (C=O) groups is 2. The first kappa shape index (κ1) is 25.8. The van der Waals surface area contributed by atoms with Crippen molar-refractivity contribution in [2.45, 2.75) is 37.6 Å². The lowest BCUT2D eigenvalue weighted by atomic mass is 10.1. The van der Waals surface area contributed by atoms with E-state index in [1.165, 1.54) is 14.2 Å². The molecule has 0 aliphatic rings. The average Bonchev–Trinajstić information content (AvgIpc) is 2.84. The first-order chi connectivity index (χ1) is 16.7. The van der Waals surface area contributed by atoms with E-state index in [2.05, 4.69) is 25.8 Å². The van der Waals surface area contributed by atoms with Gasteiger partial charge in [0.2, 0.25) is 11.8 Å². The van der Waals surface area contributed by atoms with Crippen molar-refractivity contribution in [1.82, 2.24) is 15.2 Å². The molecule has 0 fully saturated rings. The number of thioether (sulfide) groups is 1. The van der Waals surface area contributed by atoms with Gasteiger partial charge in [0.05, 0.1) is 25.2 Å². The van der Waals surface area contributed by atoms with Crippen LogP contribution >= 0.6 is 11.8 Å². The topological polar surface area (TPSA) is 135 Å². The predicted molar refractivity (Wildman–Crippen MR) is 135 cm³/mol. The number of ether oxygens (including phenoxy) is 2. The highest BCUT2D eigenvalue weighted by molar-refractivity contribution is 8.00. The molecule has 3 aromatic rings. The van der Waals surface area contributed by atoms with Crippen molar-refractivity contribution in [2.75, 3.05) is 24.9 Å². The summed E-state index contributed by atoms with van der Waals surface area (Å²) in [5.41, 5.74) is 1.94. The third kappa shape index (κ3) is 6.60. The minimum absolute atomic E-state index is 0.0741. The van der Waals surface area contributed by atoms with E-state index in [1.54, 1.807) is 44.2 Å². The molecule has 0 radical (unpaired) electrons. The monoisotopic (exact) mass is 497 g/mol. The minimum Gasteiger partial charge on any atom is -0.497 e. The normalized spacial score (nSPS) is 11.5. The van der Waals surface area contributed by atoms with Gasteiger partial charge >= 0.3 is 0 Å². The third-order valence-electron chi connectivity index (χ3n) is 4.98. The average molecular weight is 498 g/mol. The van der Waals surface area contributed by atoms with Gasteiger partial charge in [0, 0.05) is 35.9 Å². The number of amides is 2. The molecule has 2 amide bonds. The molecular weight excluding hydrogens is 470 g/mol. The number of hydrogen-bond donors (Lipinski definition) is 3. The maximum Gasteiger partial charge on any atom is 0.278 e. The second kappa shape index (κ2) is 11.5. The molecular formula is C24H27N5O5S. The maximum atomic E-state index is 12.8. The van der Waals surface area contributed by atoms with Crippen molar-refractivity contribution in [3.05, 3.63) is 52.3 Å². The minimum atomic E-state index is -0.596. The summed E-state index contributed by atoms with van der Waals surface area (Å²) in [4.78, 5) is 40.1. The number of rotatable bonds is 9. The molecule has 0 bridgehead atoms. The fourth-order valence-electron chi connectivity index (χ4n) is 3.10. The number of aryl methyl sites for hydroxylation is 1. The van der Waals surface area contributed by atoms with Crippen LogP contribution in [0.25, 0.3) is 11.3 Å². The molecule has 1 atom stereocenters. The van der Waals surface area contributed by atoms with E-state index in [9.17, 15) is 14.4 Å². The number of carbonyl (C=O) groups excluding carboxylic acids is 2. The molecule has 0 saturated carbocycles. The van der Waals surface area contributed by atoms with E-state index in [0.29, 0.717) is 34.9 Å². The van der Waals surface area contributed by atoms with E-state index < -0.39 is 10.8 Å². The Kier molecular flexibility index (Phi) is 8.48. The van der Waals surface area contributed by atoms with Crippen molar-refractivity contribution in [1.29, 1.82) is 0 Å². The molecule has 2 aromatic carbocycles. The molecule has 3 rings (SSSR count). The van der Waals surface area contributed by atoms with Crippen LogP contribution in [0, 0.1) is 6.92 Å². The lowest BCUT2D eigenvalue weighted by Crippen LogP contribution is -2.24. The summed E-state index contributed by atoms with van der Waals surface area (Å²) in [6, 6.07) is 10.4. The molecule has 1 aromatic heterocycles. The molecule has 0 unspecified atom stereocenters. The lowest BCUT2D eigenvalue weighted by Gasteiger charge is -2.13. The summed E-state index contributed by atoms with van der Waals surface area (Å²) >= 11 is 1.06. The Bertz CT molecular complexity index is 1270. The number of H-pyrrole nitrogens is 1. The van der Waals surface area contributed by atoms with E-state index in [-0.39, 0.29) is 22.7 Å². The van der Waals surface area contributed by atoms with Crippen molar-refractivity contribution in [3.63, 3.8) is 0 Å². The van der Waals surface area contributed by atoms with Crippen molar-refractivity contribution < 1.29 is 19.1 Å². The molecule has 0 aliphatic carbocycles. The molecule has 11 heteroatoms. The van der Waals surface area contributed by atoms with Gasteiger partial charge in [-0.25, -0.2) is 0 Å². The number of nitrogens with zero attached hydrogens (tertiary/aromatic N) is 2. The van der Waals surface area contributed by atoms with Gasteiger partial charge in [-0.1, -0.05) is 30.3 Å². The van der Waals surface area contributed by atoms with E-state index >= 15 is 0 Å². The number of anilines is 2. The van der Waals surface area contributed by atoms with E-state index in [0.717, 1.165) is 17.3 Å². The van der Waals surface area contributed by atoms with Gasteiger partial charge in [0.25, 0.3) is 5.56 Å². The Labute approximate surface area is 206 Å². The summed E-state index contributed by atoms with van der Waals surface area (Å²) in [5.74, 6) is 0.591. The molecule has 35 heavy (non-hydrogen) atoms. The van der Waals surface area contributed by atoms with Crippen LogP contribution in [-0.2, 0) is 9.59 Å². The van der Waals surface area contributed by atoms with Gasteiger partial charge in [0.15, 0.2) is 10.9 Å². The molecule has 10 nitrogen and oxygen atoms in total. The first-order valence-electron chi connectivity index (χ1n) is 10.8. The van der Waals surface area contributed by atoms with Gasteiger partial charge < -0.3 is 20.1 Å².